The summed E-state index contributed by atoms with van der Waals surface area (Å²) in [6, 6.07) is 5.46. The molecule has 134 valence electrons. The molecule has 0 spiro atoms. The number of alkyl halides is 3. The summed E-state index contributed by atoms with van der Waals surface area (Å²) < 4.78 is 41.5. The molecule has 0 atom stereocenters. The third-order valence-corrected chi connectivity index (χ3v) is 3.17. The average molecular weight is 357 g/mol. The summed E-state index contributed by atoms with van der Waals surface area (Å²) in [6.07, 6.45) is -4.15. The molecule has 1 heterocycles. The van der Waals surface area contributed by atoms with Crippen LogP contribution in [-0.4, -0.2) is 45.1 Å². The van der Waals surface area contributed by atoms with Crippen LogP contribution < -0.4 is 0 Å². The fraction of sp³-hybridized carbons (Fsp3) is 0.333. The van der Waals surface area contributed by atoms with Crippen LogP contribution in [0.2, 0.25) is 0 Å². The Kier molecular flexibility index (Phi) is 5.40. The summed E-state index contributed by atoms with van der Waals surface area (Å²) in [7, 11) is 0. The summed E-state index contributed by atoms with van der Waals surface area (Å²) >= 11 is 0. The smallest absolute Gasteiger partial charge is 0.471 e. The Morgan fingerprint density at radius 2 is 1.88 bits per heavy atom. The van der Waals surface area contributed by atoms with Crippen molar-refractivity contribution >= 4 is 11.9 Å². The second-order valence-corrected chi connectivity index (χ2v) is 5.12. The summed E-state index contributed by atoms with van der Waals surface area (Å²) in [5.41, 5.74) is 0.439. The number of carbonyl (C=O) groups excluding carboxylic acids is 1. The van der Waals surface area contributed by atoms with E-state index >= 15 is 0 Å². The van der Waals surface area contributed by atoms with Crippen LogP contribution in [0.15, 0.2) is 28.8 Å². The van der Waals surface area contributed by atoms with Gasteiger partial charge < -0.3 is 14.5 Å². The van der Waals surface area contributed by atoms with Crippen molar-refractivity contribution in [2.45, 2.75) is 19.5 Å². The summed E-state index contributed by atoms with van der Waals surface area (Å²) in [5.74, 6) is -3.34. The standard InChI is InChI=1S/C15H14F3N3O4/c1-2-7-21(8-11(22)23)13(24)10-5-3-9(4-6-10)12-19-14(25-20-12)15(16,17)18/h3-6H,2,7-8H2,1H3,(H,22,23). The molecular weight excluding hydrogens is 343 g/mol. The van der Waals surface area contributed by atoms with Crippen molar-refractivity contribution in [3.8, 4) is 11.4 Å². The lowest BCUT2D eigenvalue weighted by Crippen LogP contribution is -2.36. The molecule has 0 aliphatic rings. The number of halogens is 3. The van der Waals surface area contributed by atoms with Gasteiger partial charge in [0.05, 0.1) is 0 Å². The Bertz CT molecular complexity index is 756. The van der Waals surface area contributed by atoms with E-state index in [1.807, 2.05) is 0 Å². The fourth-order valence-corrected chi connectivity index (χ4v) is 2.09. The third kappa shape index (κ3) is 4.55. The van der Waals surface area contributed by atoms with Crippen molar-refractivity contribution < 1.29 is 32.4 Å². The number of carboxylic acid groups (broad SMARTS) is 1. The molecule has 2 rings (SSSR count). The number of benzene rings is 1. The number of hydrogen-bond donors (Lipinski definition) is 1. The van der Waals surface area contributed by atoms with Gasteiger partial charge in [-0.2, -0.15) is 18.2 Å². The largest absolute Gasteiger partial charge is 0.480 e. The number of aliphatic carboxylic acids is 1. The predicted molar refractivity (Wildman–Crippen MR) is 78.6 cm³/mol. The second-order valence-electron chi connectivity index (χ2n) is 5.12. The Morgan fingerprint density at radius 1 is 1.24 bits per heavy atom. The van der Waals surface area contributed by atoms with Crippen LogP contribution in [0.5, 0.6) is 0 Å². The Morgan fingerprint density at radius 3 is 2.36 bits per heavy atom. The highest BCUT2D eigenvalue weighted by molar-refractivity contribution is 5.96. The first-order valence-electron chi connectivity index (χ1n) is 7.24. The number of nitrogens with zero attached hydrogens (tertiary/aromatic N) is 3. The molecular formula is C15H14F3N3O4. The van der Waals surface area contributed by atoms with Gasteiger partial charge in [0.15, 0.2) is 0 Å². The highest BCUT2D eigenvalue weighted by atomic mass is 19.4. The molecule has 1 N–H and O–H groups in total. The molecule has 1 aromatic carbocycles. The van der Waals surface area contributed by atoms with Crippen LogP contribution in [0.1, 0.15) is 29.6 Å². The summed E-state index contributed by atoms with van der Waals surface area (Å²) in [4.78, 5) is 27.6. The van der Waals surface area contributed by atoms with E-state index in [1.54, 1.807) is 6.92 Å². The fourth-order valence-electron chi connectivity index (χ4n) is 2.09. The third-order valence-electron chi connectivity index (χ3n) is 3.17. The van der Waals surface area contributed by atoms with Gasteiger partial charge in [0.25, 0.3) is 5.91 Å². The lowest BCUT2D eigenvalue weighted by molar-refractivity contribution is -0.159. The molecule has 0 aliphatic heterocycles. The Hall–Kier alpha value is -2.91. The van der Waals surface area contributed by atoms with Crippen LogP contribution in [0.25, 0.3) is 11.4 Å². The molecule has 0 fully saturated rings. The highest BCUT2D eigenvalue weighted by Gasteiger charge is 2.38. The molecule has 0 bridgehead atoms. The normalized spacial score (nSPS) is 11.4. The minimum atomic E-state index is -4.74. The minimum Gasteiger partial charge on any atom is -0.480 e. The zero-order valence-corrected chi connectivity index (χ0v) is 13.1. The van der Waals surface area contributed by atoms with Gasteiger partial charge in [0.2, 0.25) is 5.82 Å². The zero-order valence-electron chi connectivity index (χ0n) is 13.1. The van der Waals surface area contributed by atoms with Crippen LogP contribution in [0, 0.1) is 0 Å². The number of hydrogen-bond acceptors (Lipinski definition) is 5. The molecule has 7 nitrogen and oxygen atoms in total. The van der Waals surface area contributed by atoms with Crippen molar-refractivity contribution in [2.24, 2.45) is 0 Å². The van der Waals surface area contributed by atoms with Crippen molar-refractivity contribution in [1.29, 1.82) is 0 Å². The number of rotatable bonds is 6. The molecule has 2 aromatic rings. The van der Waals surface area contributed by atoms with E-state index in [4.69, 9.17) is 5.11 Å². The maximum Gasteiger partial charge on any atom is 0.471 e. The number of carbonyl (C=O) groups is 2. The second kappa shape index (κ2) is 7.32. The van der Waals surface area contributed by atoms with Crippen LogP contribution in [0.3, 0.4) is 0 Å². The molecule has 1 amide bonds. The summed E-state index contributed by atoms with van der Waals surface area (Å²) in [5, 5.41) is 12.1. The summed E-state index contributed by atoms with van der Waals surface area (Å²) in [6.45, 7) is 1.64. The molecule has 0 unspecified atom stereocenters. The quantitative estimate of drug-likeness (QED) is 0.854. The van der Waals surface area contributed by atoms with E-state index in [9.17, 15) is 22.8 Å². The van der Waals surface area contributed by atoms with Gasteiger partial charge in [-0.15, -0.1) is 0 Å². The van der Waals surface area contributed by atoms with Gasteiger partial charge in [-0.05, 0) is 18.6 Å². The first kappa shape index (κ1) is 18.4. The van der Waals surface area contributed by atoms with E-state index in [-0.39, 0.29) is 23.5 Å². The van der Waals surface area contributed by atoms with Gasteiger partial charge in [-0.25, -0.2) is 0 Å². The van der Waals surface area contributed by atoms with Crippen LogP contribution >= 0.6 is 0 Å². The topological polar surface area (TPSA) is 96.5 Å². The minimum absolute atomic E-state index is 0.206. The van der Waals surface area contributed by atoms with Crippen LogP contribution in [-0.2, 0) is 11.0 Å². The van der Waals surface area contributed by atoms with Crippen molar-refractivity contribution in [3.05, 3.63) is 35.7 Å². The first-order chi connectivity index (χ1) is 11.7. The molecule has 0 radical (unpaired) electrons. The monoisotopic (exact) mass is 357 g/mol. The number of amides is 1. The lowest BCUT2D eigenvalue weighted by atomic mass is 10.1. The predicted octanol–water partition coefficient (Wildman–Crippen LogP) is 2.69. The Balaban J connectivity index is 2.19. The van der Waals surface area contributed by atoms with E-state index in [0.29, 0.717) is 6.42 Å². The van der Waals surface area contributed by atoms with Gasteiger partial charge in [0.1, 0.15) is 6.54 Å². The SMILES string of the molecule is CCCN(CC(=O)O)C(=O)c1ccc(-c2noc(C(F)(F)F)n2)cc1. The molecule has 0 saturated carbocycles. The van der Waals surface area contributed by atoms with Gasteiger partial charge in [-0.1, -0.05) is 24.2 Å². The molecule has 10 heteroatoms. The highest BCUT2D eigenvalue weighted by Crippen LogP contribution is 2.29. The molecule has 25 heavy (non-hydrogen) atoms. The molecule has 1 aromatic heterocycles. The number of aromatic nitrogens is 2. The van der Waals surface area contributed by atoms with Crippen molar-refractivity contribution in [1.82, 2.24) is 15.0 Å². The van der Waals surface area contributed by atoms with Gasteiger partial charge in [-0.3, -0.25) is 9.59 Å². The van der Waals surface area contributed by atoms with E-state index in [0.717, 1.165) is 0 Å². The zero-order chi connectivity index (χ0) is 18.6. The van der Waals surface area contributed by atoms with E-state index < -0.39 is 30.5 Å². The van der Waals surface area contributed by atoms with Gasteiger partial charge in [0, 0.05) is 17.7 Å². The maximum absolute atomic E-state index is 12.5. The van der Waals surface area contributed by atoms with E-state index in [2.05, 4.69) is 14.7 Å². The van der Waals surface area contributed by atoms with Gasteiger partial charge >= 0.3 is 18.0 Å². The molecule has 0 saturated heterocycles. The van der Waals surface area contributed by atoms with Crippen LogP contribution in [0.4, 0.5) is 13.2 Å². The van der Waals surface area contributed by atoms with Crippen molar-refractivity contribution in [3.63, 3.8) is 0 Å². The number of carboxylic acids is 1. The first-order valence-corrected chi connectivity index (χ1v) is 7.24. The average Bonchev–Trinajstić information content (AvgIpc) is 3.04. The van der Waals surface area contributed by atoms with Crippen molar-refractivity contribution in [2.75, 3.05) is 13.1 Å². The van der Waals surface area contributed by atoms with E-state index in [1.165, 1.54) is 29.2 Å². The lowest BCUT2D eigenvalue weighted by Gasteiger charge is -2.19. The molecule has 0 aliphatic carbocycles. The Labute approximate surface area is 140 Å². The maximum atomic E-state index is 12.5.